The lowest BCUT2D eigenvalue weighted by atomic mass is 10.1. The maximum Gasteiger partial charge on any atom is 0.323 e. The van der Waals surface area contributed by atoms with Gasteiger partial charge in [-0.1, -0.05) is 0 Å². The lowest BCUT2D eigenvalue weighted by Gasteiger charge is -2.18. The van der Waals surface area contributed by atoms with Gasteiger partial charge in [-0.25, -0.2) is 0 Å². The number of aromatic nitrogens is 2. The number of carbonyl (C=O) groups is 2. The SMILES string of the molecule is CCN(CC(=O)O)C(=O)c1ccc2[nH]ncc2c1. The topological polar surface area (TPSA) is 86.3 Å². The molecule has 2 N–H and O–H groups in total. The Kier molecular flexibility index (Phi) is 3.27. The number of carboxylic acid groups (broad SMARTS) is 1. The second-order valence-electron chi connectivity index (χ2n) is 3.89. The number of hydrogen-bond donors (Lipinski definition) is 2. The highest BCUT2D eigenvalue weighted by Gasteiger charge is 2.17. The Morgan fingerprint density at radius 2 is 2.22 bits per heavy atom. The Balaban J connectivity index is 2.28. The van der Waals surface area contributed by atoms with Gasteiger partial charge in [-0.05, 0) is 25.1 Å². The lowest BCUT2D eigenvalue weighted by molar-refractivity contribution is -0.137. The van der Waals surface area contributed by atoms with E-state index < -0.39 is 5.97 Å². The summed E-state index contributed by atoms with van der Waals surface area (Å²) >= 11 is 0. The highest BCUT2D eigenvalue weighted by atomic mass is 16.4. The normalized spacial score (nSPS) is 10.5. The van der Waals surface area contributed by atoms with Gasteiger partial charge in [0.05, 0.1) is 11.7 Å². The molecule has 0 bridgehead atoms. The number of fused-ring (bicyclic) bond motifs is 1. The zero-order valence-corrected chi connectivity index (χ0v) is 9.88. The van der Waals surface area contributed by atoms with Gasteiger partial charge in [-0.3, -0.25) is 14.7 Å². The first-order valence-corrected chi connectivity index (χ1v) is 5.56. The largest absolute Gasteiger partial charge is 0.480 e. The Bertz CT molecular complexity index is 591. The van der Waals surface area contributed by atoms with Crippen molar-refractivity contribution in [3.05, 3.63) is 30.0 Å². The summed E-state index contributed by atoms with van der Waals surface area (Å²) in [5.74, 6) is -1.31. The summed E-state index contributed by atoms with van der Waals surface area (Å²) in [4.78, 5) is 24.1. The number of benzene rings is 1. The molecule has 0 aliphatic heterocycles. The lowest BCUT2D eigenvalue weighted by Crippen LogP contribution is -2.35. The average Bonchev–Trinajstić information content (AvgIpc) is 2.81. The third-order valence-electron chi connectivity index (χ3n) is 2.68. The van der Waals surface area contributed by atoms with E-state index in [0.29, 0.717) is 12.1 Å². The summed E-state index contributed by atoms with van der Waals surface area (Å²) in [6, 6.07) is 5.11. The quantitative estimate of drug-likeness (QED) is 0.847. The van der Waals surface area contributed by atoms with E-state index in [0.717, 1.165) is 10.9 Å². The van der Waals surface area contributed by atoms with E-state index in [-0.39, 0.29) is 12.5 Å². The molecule has 18 heavy (non-hydrogen) atoms. The van der Waals surface area contributed by atoms with Crippen molar-refractivity contribution in [3.8, 4) is 0 Å². The molecule has 0 aliphatic carbocycles. The van der Waals surface area contributed by atoms with Crippen molar-refractivity contribution in [2.45, 2.75) is 6.92 Å². The molecule has 0 atom stereocenters. The molecular weight excluding hydrogens is 234 g/mol. The maximum absolute atomic E-state index is 12.1. The second kappa shape index (κ2) is 4.87. The van der Waals surface area contributed by atoms with Crippen molar-refractivity contribution in [3.63, 3.8) is 0 Å². The molecule has 6 nitrogen and oxygen atoms in total. The zero-order valence-electron chi connectivity index (χ0n) is 9.88. The standard InChI is InChI=1S/C12H13N3O3/c1-2-15(7-11(16)17)12(18)8-3-4-10-9(5-8)6-13-14-10/h3-6H,2,7H2,1H3,(H,13,14)(H,16,17). The van der Waals surface area contributed by atoms with Crippen molar-refractivity contribution in [1.29, 1.82) is 0 Å². The minimum atomic E-state index is -1.02. The van der Waals surface area contributed by atoms with Crippen LogP contribution in [0.15, 0.2) is 24.4 Å². The fraction of sp³-hybridized carbons (Fsp3) is 0.250. The molecule has 0 saturated carbocycles. The molecule has 0 radical (unpaired) electrons. The van der Waals surface area contributed by atoms with Crippen molar-refractivity contribution < 1.29 is 14.7 Å². The van der Waals surface area contributed by atoms with Gasteiger partial charge in [-0.15, -0.1) is 0 Å². The molecule has 0 unspecified atom stereocenters. The van der Waals surface area contributed by atoms with Gasteiger partial charge in [0.25, 0.3) is 5.91 Å². The minimum Gasteiger partial charge on any atom is -0.480 e. The van der Waals surface area contributed by atoms with Crippen LogP contribution in [0.2, 0.25) is 0 Å². The van der Waals surface area contributed by atoms with E-state index in [9.17, 15) is 9.59 Å². The van der Waals surface area contributed by atoms with Crippen LogP contribution in [0.1, 0.15) is 17.3 Å². The first kappa shape index (κ1) is 12.1. The first-order chi connectivity index (χ1) is 8.61. The third-order valence-corrected chi connectivity index (χ3v) is 2.68. The highest BCUT2D eigenvalue weighted by molar-refractivity contribution is 5.99. The van der Waals surface area contributed by atoms with E-state index in [2.05, 4.69) is 10.2 Å². The van der Waals surface area contributed by atoms with E-state index in [1.54, 1.807) is 31.3 Å². The van der Waals surface area contributed by atoms with Gasteiger partial charge in [0, 0.05) is 17.5 Å². The molecule has 2 aromatic rings. The van der Waals surface area contributed by atoms with Crippen LogP contribution in [0.25, 0.3) is 10.9 Å². The fourth-order valence-corrected chi connectivity index (χ4v) is 1.75. The average molecular weight is 247 g/mol. The summed E-state index contributed by atoms with van der Waals surface area (Å²) in [6.45, 7) is 1.81. The number of carbonyl (C=O) groups excluding carboxylic acids is 1. The molecule has 1 heterocycles. The van der Waals surface area contributed by atoms with E-state index in [1.165, 1.54) is 4.90 Å². The van der Waals surface area contributed by atoms with E-state index in [4.69, 9.17) is 5.11 Å². The molecule has 94 valence electrons. The number of amides is 1. The third kappa shape index (κ3) is 2.32. The summed E-state index contributed by atoms with van der Waals surface area (Å²) in [6.07, 6.45) is 1.62. The number of rotatable bonds is 4. The van der Waals surface area contributed by atoms with Crippen molar-refractivity contribution in [2.75, 3.05) is 13.1 Å². The number of hydrogen-bond acceptors (Lipinski definition) is 3. The molecular formula is C12H13N3O3. The molecule has 0 fully saturated rings. The number of nitrogens with zero attached hydrogens (tertiary/aromatic N) is 2. The molecule has 1 amide bonds. The number of aromatic amines is 1. The second-order valence-corrected chi connectivity index (χ2v) is 3.89. The van der Waals surface area contributed by atoms with Crippen LogP contribution in [-0.2, 0) is 4.79 Å². The van der Waals surface area contributed by atoms with Crippen molar-refractivity contribution in [1.82, 2.24) is 15.1 Å². The van der Waals surface area contributed by atoms with Crippen LogP contribution < -0.4 is 0 Å². The van der Waals surface area contributed by atoms with Crippen LogP contribution >= 0.6 is 0 Å². The molecule has 0 spiro atoms. The predicted molar refractivity (Wildman–Crippen MR) is 65.3 cm³/mol. The van der Waals surface area contributed by atoms with Gasteiger partial charge in [0.2, 0.25) is 0 Å². The van der Waals surface area contributed by atoms with Gasteiger partial charge in [0.1, 0.15) is 6.54 Å². The summed E-state index contributed by atoms with van der Waals surface area (Å²) in [7, 11) is 0. The van der Waals surface area contributed by atoms with Gasteiger partial charge < -0.3 is 10.0 Å². The number of likely N-dealkylation sites (N-methyl/N-ethyl adjacent to an activating group) is 1. The van der Waals surface area contributed by atoms with Crippen LogP contribution in [0.3, 0.4) is 0 Å². The van der Waals surface area contributed by atoms with Gasteiger partial charge >= 0.3 is 5.97 Å². The Hall–Kier alpha value is -2.37. The smallest absolute Gasteiger partial charge is 0.323 e. The molecule has 2 rings (SSSR count). The minimum absolute atomic E-state index is 0.289. The Morgan fingerprint density at radius 1 is 1.44 bits per heavy atom. The zero-order chi connectivity index (χ0) is 13.1. The van der Waals surface area contributed by atoms with E-state index >= 15 is 0 Å². The molecule has 0 saturated heterocycles. The molecule has 1 aromatic heterocycles. The highest BCUT2D eigenvalue weighted by Crippen LogP contribution is 2.14. The van der Waals surface area contributed by atoms with Gasteiger partial charge in [0.15, 0.2) is 0 Å². The molecule has 1 aromatic carbocycles. The first-order valence-electron chi connectivity index (χ1n) is 5.56. The fourth-order valence-electron chi connectivity index (χ4n) is 1.75. The maximum atomic E-state index is 12.1. The predicted octanol–water partition coefficient (Wildman–Crippen LogP) is 1.11. The van der Waals surface area contributed by atoms with Crippen LogP contribution in [0.4, 0.5) is 0 Å². The van der Waals surface area contributed by atoms with Crippen LogP contribution in [0.5, 0.6) is 0 Å². The number of nitrogens with one attached hydrogen (secondary N) is 1. The summed E-state index contributed by atoms with van der Waals surface area (Å²) in [5, 5.41) is 16.2. The van der Waals surface area contributed by atoms with Crippen molar-refractivity contribution >= 4 is 22.8 Å². The monoisotopic (exact) mass is 247 g/mol. The molecule has 0 aliphatic rings. The summed E-state index contributed by atoms with van der Waals surface area (Å²) < 4.78 is 0. The Labute approximate surface area is 103 Å². The summed E-state index contributed by atoms with van der Waals surface area (Å²) in [5.41, 5.74) is 1.31. The van der Waals surface area contributed by atoms with Crippen LogP contribution in [0, 0.1) is 0 Å². The van der Waals surface area contributed by atoms with Gasteiger partial charge in [-0.2, -0.15) is 5.10 Å². The molecule has 6 heteroatoms. The Morgan fingerprint density at radius 3 is 2.89 bits per heavy atom. The number of carboxylic acids is 1. The number of H-pyrrole nitrogens is 1. The van der Waals surface area contributed by atoms with Crippen molar-refractivity contribution in [2.24, 2.45) is 0 Å². The number of aliphatic carboxylic acids is 1. The van der Waals surface area contributed by atoms with Crippen LogP contribution in [-0.4, -0.2) is 45.2 Å². The van der Waals surface area contributed by atoms with E-state index in [1.807, 2.05) is 0 Å².